The maximum absolute atomic E-state index is 11.9. The Bertz CT molecular complexity index is 452. The molecule has 19 heavy (non-hydrogen) atoms. The molecule has 1 amide bonds. The Balaban J connectivity index is 2.68. The number of nitrogens with one attached hydrogen (secondary N) is 1. The topological polar surface area (TPSA) is 58.6 Å². The van der Waals surface area contributed by atoms with Crippen molar-refractivity contribution in [1.82, 2.24) is 5.32 Å². The minimum atomic E-state index is -0.925. The van der Waals surface area contributed by atoms with Crippen LogP contribution in [0.3, 0.4) is 0 Å². The molecule has 0 fully saturated rings. The van der Waals surface area contributed by atoms with Gasteiger partial charge in [-0.2, -0.15) is 11.8 Å². The zero-order chi connectivity index (χ0) is 14.5. The molecule has 0 heterocycles. The van der Waals surface area contributed by atoms with Gasteiger partial charge < -0.3 is 15.2 Å². The largest absolute Gasteiger partial charge is 0.495 e. The highest BCUT2D eigenvalue weighted by molar-refractivity contribution is 7.98. The van der Waals surface area contributed by atoms with E-state index in [1.807, 2.05) is 6.26 Å². The minimum absolute atomic E-state index is 0.192. The van der Waals surface area contributed by atoms with Gasteiger partial charge in [0.05, 0.1) is 17.7 Å². The summed E-state index contributed by atoms with van der Waals surface area (Å²) in [7, 11) is 1.49. The van der Waals surface area contributed by atoms with Crippen molar-refractivity contribution in [1.29, 1.82) is 0 Å². The van der Waals surface area contributed by atoms with Gasteiger partial charge in [-0.3, -0.25) is 4.79 Å². The number of amides is 1. The van der Waals surface area contributed by atoms with E-state index in [4.69, 9.17) is 16.3 Å². The highest BCUT2D eigenvalue weighted by Crippen LogP contribution is 2.24. The summed E-state index contributed by atoms with van der Waals surface area (Å²) in [5, 5.41) is 13.1. The van der Waals surface area contributed by atoms with Gasteiger partial charge >= 0.3 is 0 Å². The number of aliphatic hydroxyl groups is 1. The lowest BCUT2D eigenvalue weighted by Gasteiger charge is -2.22. The first-order valence-corrected chi connectivity index (χ1v) is 7.50. The van der Waals surface area contributed by atoms with E-state index in [-0.39, 0.29) is 12.5 Å². The van der Waals surface area contributed by atoms with Crippen molar-refractivity contribution >= 4 is 29.3 Å². The average molecular weight is 304 g/mol. The molecule has 6 heteroatoms. The van der Waals surface area contributed by atoms with Gasteiger partial charge in [0, 0.05) is 17.9 Å². The van der Waals surface area contributed by atoms with E-state index in [0.29, 0.717) is 22.1 Å². The Morgan fingerprint density at radius 2 is 2.26 bits per heavy atom. The van der Waals surface area contributed by atoms with Gasteiger partial charge in [0.1, 0.15) is 5.75 Å². The van der Waals surface area contributed by atoms with Gasteiger partial charge in [-0.25, -0.2) is 0 Å². The molecule has 0 aliphatic carbocycles. The number of rotatable bonds is 6. The summed E-state index contributed by atoms with van der Waals surface area (Å²) < 4.78 is 5.06. The fraction of sp³-hybridized carbons (Fsp3) is 0.462. The van der Waals surface area contributed by atoms with Crippen molar-refractivity contribution < 1.29 is 14.6 Å². The van der Waals surface area contributed by atoms with Crippen molar-refractivity contribution in [3.63, 3.8) is 0 Å². The maximum Gasteiger partial charge on any atom is 0.251 e. The number of hydrogen-bond donors (Lipinski definition) is 2. The molecule has 0 radical (unpaired) electrons. The van der Waals surface area contributed by atoms with Crippen LogP contribution in [0.1, 0.15) is 17.3 Å². The minimum Gasteiger partial charge on any atom is -0.495 e. The Hall–Kier alpha value is -0.910. The van der Waals surface area contributed by atoms with Crippen molar-refractivity contribution in [2.24, 2.45) is 0 Å². The second kappa shape index (κ2) is 7.03. The van der Waals surface area contributed by atoms with Crippen molar-refractivity contribution in [2.75, 3.05) is 25.7 Å². The highest BCUT2D eigenvalue weighted by atomic mass is 35.5. The van der Waals surface area contributed by atoms with Crippen molar-refractivity contribution in [3.8, 4) is 5.75 Å². The van der Waals surface area contributed by atoms with Crippen LogP contribution in [0.15, 0.2) is 18.2 Å². The Labute approximate surface area is 122 Å². The third-order valence-electron chi connectivity index (χ3n) is 2.50. The Morgan fingerprint density at radius 3 is 2.84 bits per heavy atom. The second-order valence-corrected chi connectivity index (χ2v) is 5.74. The summed E-state index contributed by atoms with van der Waals surface area (Å²) in [6, 6.07) is 4.79. The molecule has 1 aromatic carbocycles. The number of thioether (sulfide) groups is 1. The zero-order valence-electron chi connectivity index (χ0n) is 11.2. The fourth-order valence-electron chi connectivity index (χ4n) is 1.54. The molecule has 0 aliphatic heterocycles. The summed E-state index contributed by atoms with van der Waals surface area (Å²) in [5.74, 6) is 0.735. The van der Waals surface area contributed by atoms with Crippen LogP contribution < -0.4 is 10.1 Å². The highest BCUT2D eigenvalue weighted by Gasteiger charge is 2.21. The van der Waals surface area contributed by atoms with Crippen LogP contribution in [0.5, 0.6) is 5.75 Å². The lowest BCUT2D eigenvalue weighted by molar-refractivity contribution is 0.0725. The van der Waals surface area contributed by atoms with E-state index in [1.54, 1.807) is 25.1 Å². The van der Waals surface area contributed by atoms with Gasteiger partial charge in [0.15, 0.2) is 0 Å². The first-order valence-electron chi connectivity index (χ1n) is 5.72. The van der Waals surface area contributed by atoms with Crippen molar-refractivity contribution in [3.05, 3.63) is 28.8 Å². The van der Waals surface area contributed by atoms with Gasteiger partial charge in [0.2, 0.25) is 0 Å². The van der Waals surface area contributed by atoms with Crippen LogP contribution in [0.4, 0.5) is 0 Å². The molecule has 0 saturated heterocycles. The molecule has 0 aliphatic rings. The molecule has 0 aromatic heterocycles. The quantitative estimate of drug-likeness (QED) is 0.846. The third kappa shape index (κ3) is 4.93. The lowest BCUT2D eigenvalue weighted by atomic mass is 10.1. The monoisotopic (exact) mass is 303 g/mol. The van der Waals surface area contributed by atoms with Gasteiger partial charge in [-0.05, 0) is 31.4 Å². The summed E-state index contributed by atoms with van der Waals surface area (Å²) in [5.41, 5.74) is -0.479. The van der Waals surface area contributed by atoms with Crippen LogP contribution in [-0.2, 0) is 0 Å². The van der Waals surface area contributed by atoms with Crippen LogP contribution in [-0.4, -0.2) is 42.3 Å². The van der Waals surface area contributed by atoms with Crippen LogP contribution in [0.2, 0.25) is 5.02 Å². The molecule has 2 N–H and O–H groups in total. The predicted octanol–water partition coefficient (Wildman–Crippen LogP) is 2.19. The summed E-state index contributed by atoms with van der Waals surface area (Å²) >= 11 is 7.42. The predicted molar refractivity (Wildman–Crippen MR) is 79.3 cm³/mol. The smallest absolute Gasteiger partial charge is 0.251 e. The van der Waals surface area contributed by atoms with Crippen molar-refractivity contribution in [2.45, 2.75) is 12.5 Å². The molecule has 1 aromatic rings. The molecule has 0 bridgehead atoms. The summed E-state index contributed by atoms with van der Waals surface area (Å²) in [6.07, 6.45) is 1.90. The Morgan fingerprint density at radius 1 is 1.58 bits per heavy atom. The molecule has 0 unspecified atom stereocenters. The van der Waals surface area contributed by atoms with E-state index in [0.717, 1.165) is 0 Å². The summed E-state index contributed by atoms with van der Waals surface area (Å²) in [6.45, 7) is 1.88. The number of carbonyl (C=O) groups is 1. The number of ether oxygens (including phenoxy) is 1. The molecule has 106 valence electrons. The lowest BCUT2D eigenvalue weighted by Crippen LogP contribution is -2.42. The molecule has 4 nitrogen and oxygen atoms in total. The second-order valence-electron chi connectivity index (χ2n) is 4.46. The first kappa shape index (κ1) is 16.1. The molecule has 1 rings (SSSR count). The summed E-state index contributed by atoms with van der Waals surface area (Å²) in [4.78, 5) is 11.9. The molecule has 0 saturated carbocycles. The normalized spacial score (nSPS) is 13.7. The van der Waals surface area contributed by atoms with Crippen LogP contribution in [0, 0.1) is 0 Å². The maximum atomic E-state index is 11.9. The number of hydrogen-bond acceptors (Lipinski definition) is 4. The average Bonchev–Trinajstić information content (AvgIpc) is 2.36. The van der Waals surface area contributed by atoms with E-state index < -0.39 is 5.60 Å². The van der Waals surface area contributed by atoms with Crippen LogP contribution >= 0.6 is 23.4 Å². The zero-order valence-corrected chi connectivity index (χ0v) is 12.8. The van der Waals surface area contributed by atoms with E-state index in [9.17, 15) is 9.90 Å². The number of halogens is 1. The fourth-order valence-corrected chi connectivity index (χ4v) is 2.45. The van der Waals surface area contributed by atoms with Gasteiger partial charge in [-0.15, -0.1) is 0 Å². The van der Waals surface area contributed by atoms with E-state index in [1.165, 1.54) is 18.9 Å². The van der Waals surface area contributed by atoms with Gasteiger partial charge in [0.25, 0.3) is 5.91 Å². The first-order chi connectivity index (χ1) is 8.89. The van der Waals surface area contributed by atoms with Crippen LogP contribution in [0.25, 0.3) is 0 Å². The van der Waals surface area contributed by atoms with Gasteiger partial charge in [-0.1, -0.05) is 11.6 Å². The third-order valence-corrected chi connectivity index (χ3v) is 3.72. The number of carbonyl (C=O) groups excluding carboxylic acids is 1. The molecule has 1 atom stereocenters. The standard InChI is InChI=1S/C13H18ClNO3S/c1-13(17,8-19-3)7-15-12(16)9-4-5-10(14)11(6-9)18-2/h4-6,17H,7-8H2,1-3H3,(H,15,16)/t13-/m1/s1. The molecule has 0 spiro atoms. The molecular formula is C13H18ClNO3S. The SMILES string of the molecule is COc1cc(C(=O)NC[C@@](C)(O)CSC)ccc1Cl. The Kier molecular flexibility index (Phi) is 5.97. The number of benzene rings is 1. The van der Waals surface area contributed by atoms with E-state index >= 15 is 0 Å². The molecular weight excluding hydrogens is 286 g/mol. The number of methoxy groups -OCH3 is 1. The van der Waals surface area contributed by atoms with E-state index in [2.05, 4.69) is 5.32 Å².